The first-order chi connectivity index (χ1) is 11.2. The number of nitrogens with one attached hydrogen (secondary N) is 2. The molecule has 1 aromatic carbocycles. The SMILES string of the molecule is N#Cc1ccc(C2=CC(CNC(=O)c3ccc(Cl)s3)ON2)cc1. The Hall–Kier alpha value is -2.33. The third kappa shape index (κ3) is 3.71. The van der Waals surface area contributed by atoms with E-state index in [0.29, 0.717) is 21.3 Å². The molecule has 1 aromatic heterocycles. The first kappa shape index (κ1) is 15.6. The molecule has 0 bridgehead atoms. The molecule has 0 radical (unpaired) electrons. The highest BCUT2D eigenvalue weighted by atomic mass is 35.5. The average Bonchev–Trinajstić information content (AvgIpc) is 3.22. The van der Waals surface area contributed by atoms with Gasteiger partial charge in [0.15, 0.2) is 0 Å². The van der Waals surface area contributed by atoms with Crippen molar-refractivity contribution in [3.63, 3.8) is 0 Å². The molecule has 0 saturated heterocycles. The predicted molar refractivity (Wildman–Crippen MR) is 88.8 cm³/mol. The summed E-state index contributed by atoms with van der Waals surface area (Å²) in [5, 5.41) is 11.6. The van der Waals surface area contributed by atoms with E-state index < -0.39 is 0 Å². The summed E-state index contributed by atoms with van der Waals surface area (Å²) in [5.74, 6) is -0.175. The summed E-state index contributed by atoms with van der Waals surface area (Å²) in [5.41, 5.74) is 5.17. The molecule has 0 fully saturated rings. The van der Waals surface area contributed by atoms with Crippen molar-refractivity contribution in [1.82, 2.24) is 10.8 Å². The van der Waals surface area contributed by atoms with Gasteiger partial charge in [0.25, 0.3) is 5.91 Å². The van der Waals surface area contributed by atoms with Crippen LogP contribution < -0.4 is 10.8 Å². The molecule has 1 aliphatic heterocycles. The molecule has 0 aliphatic carbocycles. The standard InChI is InChI=1S/C16H12ClN3O2S/c17-15-6-5-14(23-15)16(21)19-9-12-7-13(20-22-12)11-3-1-10(8-18)2-4-11/h1-7,12,20H,9H2,(H,19,21). The third-order valence-electron chi connectivity index (χ3n) is 3.26. The minimum absolute atomic E-state index is 0.175. The van der Waals surface area contributed by atoms with Gasteiger partial charge in [0.05, 0.1) is 33.1 Å². The molecule has 23 heavy (non-hydrogen) atoms. The van der Waals surface area contributed by atoms with Crippen LogP contribution in [-0.4, -0.2) is 18.6 Å². The number of amides is 1. The van der Waals surface area contributed by atoms with Gasteiger partial charge in [-0.15, -0.1) is 11.3 Å². The van der Waals surface area contributed by atoms with Crippen molar-refractivity contribution in [1.29, 1.82) is 5.26 Å². The summed E-state index contributed by atoms with van der Waals surface area (Å²) in [6.45, 7) is 0.348. The Morgan fingerprint density at radius 3 is 2.78 bits per heavy atom. The van der Waals surface area contributed by atoms with Gasteiger partial charge >= 0.3 is 0 Å². The van der Waals surface area contributed by atoms with Crippen molar-refractivity contribution < 1.29 is 9.63 Å². The highest BCUT2D eigenvalue weighted by Gasteiger charge is 2.19. The maximum Gasteiger partial charge on any atom is 0.261 e. The van der Waals surface area contributed by atoms with E-state index in [0.717, 1.165) is 11.3 Å². The van der Waals surface area contributed by atoms with E-state index in [-0.39, 0.29) is 12.0 Å². The number of carbonyl (C=O) groups is 1. The highest BCUT2D eigenvalue weighted by molar-refractivity contribution is 7.17. The molecule has 1 atom stereocenters. The van der Waals surface area contributed by atoms with E-state index >= 15 is 0 Å². The summed E-state index contributed by atoms with van der Waals surface area (Å²) >= 11 is 7.05. The number of carbonyl (C=O) groups excluding carboxylic acids is 1. The Labute approximate surface area is 142 Å². The lowest BCUT2D eigenvalue weighted by Crippen LogP contribution is -2.31. The van der Waals surface area contributed by atoms with Gasteiger partial charge in [-0.1, -0.05) is 23.7 Å². The highest BCUT2D eigenvalue weighted by Crippen LogP contribution is 2.22. The van der Waals surface area contributed by atoms with Crippen molar-refractivity contribution in [3.05, 3.63) is 62.8 Å². The monoisotopic (exact) mass is 345 g/mol. The van der Waals surface area contributed by atoms with Gasteiger partial charge in [-0.3, -0.25) is 15.1 Å². The van der Waals surface area contributed by atoms with E-state index in [2.05, 4.69) is 16.9 Å². The van der Waals surface area contributed by atoms with Crippen LogP contribution in [0.15, 0.2) is 42.5 Å². The fourth-order valence-corrected chi connectivity index (χ4v) is 3.05. The first-order valence-electron chi connectivity index (χ1n) is 6.83. The van der Waals surface area contributed by atoms with Gasteiger partial charge in [-0.2, -0.15) is 5.26 Å². The van der Waals surface area contributed by atoms with E-state index in [1.54, 1.807) is 24.3 Å². The molecule has 1 amide bonds. The van der Waals surface area contributed by atoms with Crippen LogP contribution in [0, 0.1) is 11.3 Å². The molecular formula is C16H12ClN3O2S. The van der Waals surface area contributed by atoms with Crippen LogP contribution in [0.2, 0.25) is 4.34 Å². The van der Waals surface area contributed by atoms with Crippen molar-refractivity contribution in [2.24, 2.45) is 0 Å². The lowest BCUT2D eigenvalue weighted by molar-refractivity contribution is 0.0499. The number of nitriles is 1. The summed E-state index contributed by atoms with van der Waals surface area (Å²) in [6.07, 6.45) is 1.63. The van der Waals surface area contributed by atoms with Crippen LogP contribution in [0.5, 0.6) is 0 Å². The van der Waals surface area contributed by atoms with Crippen LogP contribution in [0.25, 0.3) is 5.70 Å². The summed E-state index contributed by atoms with van der Waals surface area (Å²) in [6, 6.07) is 12.6. The van der Waals surface area contributed by atoms with E-state index in [1.165, 1.54) is 11.3 Å². The number of rotatable bonds is 4. The Balaban J connectivity index is 1.59. The minimum atomic E-state index is -0.264. The van der Waals surface area contributed by atoms with Crippen LogP contribution >= 0.6 is 22.9 Å². The largest absolute Gasteiger partial charge is 0.348 e. The molecule has 1 unspecified atom stereocenters. The van der Waals surface area contributed by atoms with Gasteiger partial charge in [-0.05, 0) is 35.9 Å². The maximum atomic E-state index is 12.0. The number of hydrogen-bond acceptors (Lipinski definition) is 5. The second kappa shape index (κ2) is 6.84. The van der Waals surface area contributed by atoms with Crippen molar-refractivity contribution in [2.75, 3.05) is 6.54 Å². The second-order valence-corrected chi connectivity index (χ2v) is 6.56. The molecule has 1 aliphatic rings. The molecule has 7 heteroatoms. The lowest BCUT2D eigenvalue weighted by Gasteiger charge is -2.08. The van der Waals surface area contributed by atoms with E-state index in [9.17, 15) is 4.79 Å². The zero-order chi connectivity index (χ0) is 16.2. The molecule has 3 rings (SSSR count). The van der Waals surface area contributed by atoms with E-state index in [4.69, 9.17) is 21.7 Å². The second-order valence-electron chi connectivity index (χ2n) is 4.84. The van der Waals surface area contributed by atoms with Crippen LogP contribution in [0.3, 0.4) is 0 Å². The molecule has 116 valence electrons. The summed E-state index contributed by atoms with van der Waals surface area (Å²) in [7, 11) is 0. The molecule has 0 saturated carbocycles. The van der Waals surface area contributed by atoms with Crippen molar-refractivity contribution in [2.45, 2.75) is 6.10 Å². The number of thiophene rings is 1. The fourth-order valence-electron chi connectivity index (χ4n) is 2.09. The third-order valence-corrected chi connectivity index (χ3v) is 4.49. The Morgan fingerprint density at radius 1 is 1.35 bits per heavy atom. The number of nitrogens with zero attached hydrogens (tertiary/aromatic N) is 1. The summed E-state index contributed by atoms with van der Waals surface area (Å²) < 4.78 is 0.580. The number of hydrogen-bond donors (Lipinski definition) is 2. The zero-order valence-electron chi connectivity index (χ0n) is 11.9. The van der Waals surface area contributed by atoms with Crippen LogP contribution in [0.1, 0.15) is 20.8 Å². The molecule has 5 nitrogen and oxygen atoms in total. The molecule has 2 N–H and O–H groups in total. The first-order valence-corrected chi connectivity index (χ1v) is 8.03. The van der Waals surface area contributed by atoms with Crippen molar-refractivity contribution >= 4 is 34.5 Å². The quantitative estimate of drug-likeness (QED) is 0.893. The minimum Gasteiger partial charge on any atom is -0.348 e. The maximum absolute atomic E-state index is 12.0. The predicted octanol–water partition coefficient (Wildman–Crippen LogP) is 2.95. The van der Waals surface area contributed by atoms with Gasteiger partial charge in [0.2, 0.25) is 0 Å². The average molecular weight is 346 g/mol. The van der Waals surface area contributed by atoms with Gasteiger partial charge in [0.1, 0.15) is 6.10 Å². The number of halogens is 1. The molecule has 0 spiro atoms. The Kier molecular flexibility index (Phi) is 4.63. The van der Waals surface area contributed by atoms with Crippen molar-refractivity contribution in [3.8, 4) is 6.07 Å². The van der Waals surface area contributed by atoms with Crippen LogP contribution in [-0.2, 0) is 4.84 Å². The molecule has 2 aromatic rings. The Morgan fingerprint density at radius 2 is 2.13 bits per heavy atom. The topological polar surface area (TPSA) is 74.2 Å². The molecular weight excluding hydrogens is 334 g/mol. The number of benzene rings is 1. The smallest absolute Gasteiger partial charge is 0.261 e. The van der Waals surface area contributed by atoms with Gasteiger partial charge in [0, 0.05) is 0 Å². The molecule has 2 heterocycles. The van der Waals surface area contributed by atoms with E-state index in [1.807, 2.05) is 18.2 Å². The summed E-state index contributed by atoms with van der Waals surface area (Å²) in [4.78, 5) is 17.9. The van der Waals surface area contributed by atoms with Gasteiger partial charge in [-0.25, -0.2) is 0 Å². The fraction of sp³-hybridized carbons (Fsp3) is 0.125. The van der Waals surface area contributed by atoms with Crippen LogP contribution in [0.4, 0.5) is 0 Å². The lowest BCUT2D eigenvalue weighted by atomic mass is 10.1. The Bertz CT molecular complexity index is 792. The number of hydroxylamine groups is 1. The van der Waals surface area contributed by atoms with Gasteiger partial charge < -0.3 is 5.32 Å². The normalized spacial score (nSPS) is 16.3. The zero-order valence-corrected chi connectivity index (χ0v) is 13.4.